The molecule has 1 amide bonds. The summed E-state index contributed by atoms with van der Waals surface area (Å²) >= 11 is 0. The Bertz CT molecular complexity index is 1180. The van der Waals surface area contributed by atoms with Gasteiger partial charge in [0, 0.05) is 11.8 Å². The molecule has 0 bridgehead atoms. The molecule has 0 aliphatic carbocycles. The lowest BCUT2D eigenvalue weighted by Gasteiger charge is -2.12. The minimum atomic E-state index is -3.95. The number of primary sulfonamides is 1. The van der Waals surface area contributed by atoms with E-state index in [0.717, 1.165) is 0 Å². The molecule has 0 fully saturated rings. The first-order chi connectivity index (χ1) is 14.7. The fraction of sp³-hybridized carbons (Fsp3) is 0.0500. The van der Waals surface area contributed by atoms with Crippen LogP contribution in [-0.4, -0.2) is 30.9 Å². The van der Waals surface area contributed by atoms with Crippen LogP contribution >= 0.6 is 0 Å². The predicted octanol–water partition coefficient (Wildman–Crippen LogP) is 2.92. The number of amides is 1. The van der Waals surface area contributed by atoms with E-state index in [-0.39, 0.29) is 28.5 Å². The van der Waals surface area contributed by atoms with Gasteiger partial charge in [0.15, 0.2) is 0 Å². The van der Waals surface area contributed by atoms with E-state index in [0.29, 0.717) is 11.3 Å². The van der Waals surface area contributed by atoms with E-state index in [4.69, 9.17) is 19.8 Å². The summed E-state index contributed by atoms with van der Waals surface area (Å²) in [6.45, 7) is 1.42. The van der Waals surface area contributed by atoms with Gasteiger partial charge in [0.25, 0.3) is 12.4 Å². The number of benzene rings is 2. The zero-order valence-electron chi connectivity index (χ0n) is 16.2. The molecule has 0 radical (unpaired) electrons. The monoisotopic (exact) mass is 447 g/mol. The van der Waals surface area contributed by atoms with Crippen LogP contribution in [0.15, 0.2) is 65.7 Å². The van der Waals surface area contributed by atoms with E-state index in [1.165, 1.54) is 48.7 Å². The second-order valence-electron chi connectivity index (χ2n) is 5.99. The standard InChI is InChI=1S/C19H16FN3O4S.CH2O2/c1-12-4-9-15(28(21,25)26)11-16(12)18(24)23-17-3-2-10-22-19(17)27-14-7-5-13(20)6-8-14;2-1-3/h2-11H,1H3,(H,23,24)(H2,21,25,26);1H,(H,2,3). The van der Waals surface area contributed by atoms with Gasteiger partial charge in [-0.3, -0.25) is 9.59 Å². The normalized spacial score (nSPS) is 10.4. The zero-order chi connectivity index (χ0) is 23.0. The topological polar surface area (TPSA) is 149 Å². The highest BCUT2D eigenvalue weighted by Gasteiger charge is 2.17. The van der Waals surface area contributed by atoms with Crippen LogP contribution in [0, 0.1) is 12.7 Å². The van der Waals surface area contributed by atoms with Crippen LogP contribution in [0.25, 0.3) is 0 Å². The molecule has 1 aromatic heterocycles. The number of ether oxygens (including phenoxy) is 1. The Balaban J connectivity index is 0.00000107. The number of aromatic nitrogens is 1. The van der Waals surface area contributed by atoms with Crippen molar-refractivity contribution >= 4 is 28.1 Å². The number of anilines is 1. The molecule has 9 nitrogen and oxygen atoms in total. The summed E-state index contributed by atoms with van der Waals surface area (Å²) in [6, 6.07) is 12.5. The van der Waals surface area contributed by atoms with Gasteiger partial charge in [0.1, 0.15) is 17.3 Å². The number of rotatable bonds is 5. The number of carbonyl (C=O) groups excluding carboxylic acids is 1. The number of nitrogens with zero attached hydrogens (tertiary/aromatic N) is 1. The molecule has 0 spiro atoms. The molecule has 0 saturated carbocycles. The third kappa shape index (κ3) is 6.59. The third-order valence-corrected chi connectivity index (χ3v) is 4.74. The molecule has 162 valence electrons. The quantitative estimate of drug-likeness (QED) is 0.509. The van der Waals surface area contributed by atoms with Gasteiger partial charge in [0.2, 0.25) is 15.9 Å². The number of hydrogen-bond donors (Lipinski definition) is 3. The zero-order valence-corrected chi connectivity index (χ0v) is 17.0. The maximum absolute atomic E-state index is 13.0. The summed E-state index contributed by atoms with van der Waals surface area (Å²) in [7, 11) is -3.95. The minimum absolute atomic E-state index is 0.0997. The molecule has 0 aliphatic rings. The van der Waals surface area contributed by atoms with Crippen molar-refractivity contribution in [1.29, 1.82) is 0 Å². The molecule has 1 heterocycles. The van der Waals surface area contributed by atoms with E-state index in [1.54, 1.807) is 19.1 Å². The van der Waals surface area contributed by atoms with Crippen molar-refractivity contribution in [3.63, 3.8) is 0 Å². The lowest BCUT2D eigenvalue weighted by atomic mass is 10.1. The molecule has 31 heavy (non-hydrogen) atoms. The average Bonchev–Trinajstić information content (AvgIpc) is 2.71. The Morgan fingerprint density at radius 1 is 1.19 bits per heavy atom. The number of nitrogens with two attached hydrogens (primary N) is 1. The molecule has 3 rings (SSSR count). The number of carboxylic acid groups (broad SMARTS) is 1. The van der Waals surface area contributed by atoms with Gasteiger partial charge in [-0.25, -0.2) is 22.9 Å². The second kappa shape index (κ2) is 10.3. The Hall–Kier alpha value is -3.83. The molecule has 0 aliphatic heterocycles. The van der Waals surface area contributed by atoms with Crippen LogP contribution in [0.3, 0.4) is 0 Å². The van der Waals surface area contributed by atoms with Gasteiger partial charge in [-0.2, -0.15) is 0 Å². The van der Waals surface area contributed by atoms with Crippen molar-refractivity contribution in [2.45, 2.75) is 11.8 Å². The highest BCUT2D eigenvalue weighted by atomic mass is 32.2. The van der Waals surface area contributed by atoms with E-state index in [1.807, 2.05) is 0 Å². The third-order valence-electron chi connectivity index (χ3n) is 3.83. The fourth-order valence-electron chi connectivity index (χ4n) is 2.39. The van der Waals surface area contributed by atoms with Gasteiger partial charge in [-0.15, -0.1) is 0 Å². The van der Waals surface area contributed by atoms with Gasteiger partial charge in [0.05, 0.1) is 4.90 Å². The Labute approximate surface area is 177 Å². The Morgan fingerprint density at radius 2 is 1.84 bits per heavy atom. The first-order valence-corrected chi connectivity index (χ1v) is 10.1. The summed E-state index contributed by atoms with van der Waals surface area (Å²) in [4.78, 5) is 25.0. The van der Waals surface area contributed by atoms with Crippen molar-refractivity contribution in [3.05, 3.63) is 77.7 Å². The average molecular weight is 447 g/mol. The van der Waals surface area contributed by atoms with Crippen molar-refractivity contribution in [1.82, 2.24) is 4.98 Å². The molecule has 3 aromatic rings. The van der Waals surface area contributed by atoms with Gasteiger partial charge < -0.3 is 15.2 Å². The lowest BCUT2D eigenvalue weighted by Crippen LogP contribution is -2.17. The molecule has 4 N–H and O–H groups in total. The van der Waals surface area contributed by atoms with Crippen LogP contribution in [0.2, 0.25) is 0 Å². The van der Waals surface area contributed by atoms with Crippen LogP contribution < -0.4 is 15.2 Å². The smallest absolute Gasteiger partial charge is 0.290 e. The number of carbonyl (C=O) groups is 2. The predicted molar refractivity (Wildman–Crippen MR) is 110 cm³/mol. The lowest BCUT2D eigenvalue weighted by molar-refractivity contribution is -0.122. The number of sulfonamides is 1. The maximum atomic E-state index is 13.0. The summed E-state index contributed by atoms with van der Waals surface area (Å²) in [5.41, 5.74) is 0.968. The number of aryl methyl sites for hydroxylation is 1. The highest BCUT2D eigenvalue weighted by Crippen LogP contribution is 2.27. The molecule has 0 atom stereocenters. The molecule has 0 unspecified atom stereocenters. The first-order valence-electron chi connectivity index (χ1n) is 8.56. The molecule has 11 heteroatoms. The summed E-state index contributed by atoms with van der Waals surface area (Å²) in [6.07, 6.45) is 1.47. The Kier molecular flexibility index (Phi) is 7.77. The largest absolute Gasteiger partial charge is 0.483 e. The summed E-state index contributed by atoms with van der Waals surface area (Å²) in [5, 5.41) is 14.7. The van der Waals surface area contributed by atoms with E-state index in [9.17, 15) is 17.6 Å². The summed E-state index contributed by atoms with van der Waals surface area (Å²) < 4.78 is 41.7. The van der Waals surface area contributed by atoms with Crippen molar-refractivity contribution in [2.75, 3.05) is 5.32 Å². The van der Waals surface area contributed by atoms with Gasteiger partial charge in [-0.05, 0) is 61.0 Å². The summed E-state index contributed by atoms with van der Waals surface area (Å²) in [5.74, 6) is -0.530. The molecular weight excluding hydrogens is 429 g/mol. The first kappa shape index (κ1) is 23.4. The number of nitrogens with one attached hydrogen (secondary N) is 1. The minimum Gasteiger partial charge on any atom is -0.483 e. The highest BCUT2D eigenvalue weighted by molar-refractivity contribution is 7.89. The van der Waals surface area contributed by atoms with Gasteiger partial charge in [-0.1, -0.05) is 6.07 Å². The van der Waals surface area contributed by atoms with Crippen LogP contribution in [0.5, 0.6) is 11.6 Å². The van der Waals surface area contributed by atoms with Crippen molar-refractivity contribution in [3.8, 4) is 11.6 Å². The fourth-order valence-corrected chi connectivity index (χ4v) is 2.93. The van der Waals surface area contributed by atoms with Gasteiger partial charge >= 0.3 is 0 Å². The second-order valence-corrected chi connectivity index (χ2v) is 7.55. The number of halogens is 1. The molecular formula is C20H18FN3O6S. The van der Waals surface area contributed by atoms with Crippen LogP contribution in [0.1, 0.15) is 15.9 Å². The maximum Gasteiger partial charge on any atom is 0.290 e. The van der Waals surface area contributed by atoms with E-state index >= 15 is 0 Å². The molecule has 0 saturated heterocycles. The van der Waals surface area contributed by atoms with Crippen molar-refractivity contribution < 1.29 is 32.2 Å². The number of pyridine rings is 1. The molecule has 2 aromatic carbocycles. The van der Waals surface area contributed by atoms with E-state index < -0.39 is 21.7 Å². The van der Waals surface area contributed by atoms with Crippen LogP contribution in [0.4, 0.5) is 10.1 Å². The van der Waals surface area contributed by atoms with Crippen LogP contribution in [-0.2, 0) is 14.8 Å². The SMILES string of the molecule is Cc1ccc(S(N)(=O)=O)cc1C(=O)Nc1cccnc1Oc1ccc(F)cc1.O=CO. The Morgan fingerprint density at radius 3 is 2.45 bits per heavy atom. The van der Waals surface area contributed by atoms with E-state index in [2.05, 4.69) is 10.3 Å². The van der Waals surface area contributed by atoms with Crippen molar-refractivity contribution in [2.24, 2.45) is 5.14 Å². The number of hydrogen-bond acceptors (Lipinski definition) is 6.